The number of urea groups is 1. The van der Waals surface area contributed by atoms with Gasteiger partial charge < -0.3 is 20.8 Å². The van der Waals surface area contributed by atoms with Crippen LogP contribution in [0, 0.1) is 5.92 Å². The van der Waals surface area contributed by atoms with E-state index < -0.39 is 18.0 Å². The maximum absolute atomic E-state index is 11.7. The third-order valence-electron chi connectivity index (χ3n) is 3.46. The van der Waals surface area contributed by atoms with Crippen molar-refractivity contribution >= 4 is 23.7 Å². The summed E-state index contributed by atoms with van der Waals surface area (Å²) in [5.74, 6) is -2.01. The highest BCUT2D eigenvalue weighted by atomic mass is 16.4. The van der Waals surface area contributed by atoms with Gasteiger partial charge in [-0.3, -0.25) is 0 Å². The number of aromatic carboxylic acids is 2. The van der Waals surface area contributed by atoms with Crippen molar-refractivity contribution in [1.29, 1.82) is 0 Å². The van der Waals surface area contributed by atoms with Crippen LogP contribution in [-0.2, 0) is 0 Å². The van der Waals surface area contributed by atoms with E-state index in [0.29, 0.717) is 12.5 Å². The molecule has 1 aliphatic carbocycles. The number of carboxylic acid groups (broad SMARTS) is 2. The van der Waals surface area contributed by atoms with Crippen LogP contribution in [0.15, 0.2) is 18.2 Å². The number of rotatable bonds is 5. The van der Waals surface area contributed by atoms with Crippen LogP contribution in [0.1, 0.15) is 40.0 Å². The number of benzene rings is 1. The predicted octanol–water partition coefficient (Wildman–Crippen LogP) is 2.00. The van der Waals surface area contributed by atoms with E-state index in [1.807, 2.05) is 0 Å². The van der Waals surface area contributed by atoms with Gasteiger partial charge >= 0.3 is 18.0 Å². The molecule has 0 saturated heterocycles. The molecule has 1 saturated carbocycles. The lowest BCUT2D eigenvalue weighted by atomic mass is 9.85. The second kappa shape index (κ2) is 6.25. The number of carbonyl (C=O) groups excluding carboxylic acids is 1. The summed E-state index contributed by atoms with van der Waals surface area (Å²) in [7, 11) is 0. The van der Waals surface area contributed by atoms with Gasteiger partial charge in [-0.1, -0.05) is 6.42 Å². The molecule has 0 spiro atoms. The van der Waals surface area contributed by atoms with E-state index in [-0.39, 0.29) is 16.8 Å². The van der Waals surface area contributed by atoms with Crippen molar-refractivity contribution in [2.45, 2.75) is 19.3 Å². The van der Waals surface area contributed by atoms with Crippen LogP contribution in [0.2, 0.25) is 0 Å². The van der Waals surface area contributed by atoms with Gasteiger partial charge in [0.15, 0.2) is 0 Å². The van der Waals surface area contributed by atoms with Gasteiger partial charge in [-0.15, -0.1) is 0 Å². The van der Waals surface area contributed by atoms with Crippen LogP contribution >= 0.6 is 0 Å². The molecule has 0 radical (unpaired) electrons. The fourth-order valence-electron chi connectivity index (χ4n) is 2.06. The molecule has 0 bridgehead atoms. The number of hydrogen-bond donors (Lipinski definition) is 4. The molecule has 112 valence electrons. The standard InChI is InChI=1S/C14H16N2O5/c17-12(18)9-4-10(13(19)20)6-11(5-9)16-14(21)15-7-8-2-1-3-8/h4-6,8H,1-3,7H2,(H,17,18)(H,19,20)(H2,15,16,21). The zero-order valence-corrected chi connectivity index (χ0v) is 11.3. The van der Waals surface area contributed by atoms with Crippen molar-refractivity contribution in [2.75, 3.05) is 11.9 Å². The van der Waals surface area contributed by atoms with Crippen molar-refractivity contribution in [3.8, 4) is 0 Å². The third-order valence-corrected chi connectivity index (χ3v) is 3.46. The van der Waals surface area contributed by atoms with Gasteiger partial charge in [0.1, 0.15) is 0 Å². The minimum absolute atomic E-state index is 0.137. The summed E-state index contributed by atoms with van der Waals surface area (Å²) in [4.78, 5) is 33.6. The summed E-state index contributed by atoms with van der Waals surface area (Å²) >= 11 is 0. The van der Waals surface area contributed by atoms with Crippen molar-refractivity contribution < 1.29 is 24.6 Å². The SMILES string of the molecule is O=C(NCC1CCC1)Nc1cc(C(=O)O)cc(C(=O)O)c1. The molecular formula is C14H16N2O5. The van der Waals surface area contributed by atoms with Crippen LogP contribution in [0.25, 0.3) is 0 Å². The van der Waals surface area contributed by atoms with E-state index >= 15 is 0 Å². The fourth-order valence-corrected chi connectivity index (χ4v) is 2.06. The highest BCUT2D eigenvalue weighted by molar-refractivity contribution is 5.98. The summed E-state index contributed by atoms with van der Waals surface area (Å²) in [6.07, 6.45) is 3.37. The summed E-state index contributed by atoms with van der Waals surface area (Å²) in [5.41, 5.74) is -0.244. The molecule has 0 atom stereocenters. The first-order chi connectivity index (χ1) is 9.95. The first-order valence-electron chi connectivity index (χ1n) is 6.62. The summed E-state index contributed by atoms with van der Waals surface area (Å²) in [5, 5.41) is 23.0. The highest BCUT2D eigenvalue weighted by Gasteiger charge is 2.18. The number of carboxylic acids is 2. The monoisotopic (exact) mass is 292 g/mol. The van der Waals surface area contributed by atoms with E-state index in [0.717, 1.165) is 18.9 Å². The van der Waals surface area contributed by atoms with Crippen LogP contribution in [0.5, 0.6) is 0 Å². The number of nitrogens with one attached hydrogen (secondary N) is 2. The molecule has 2 rings (SSSR count). The molecule has 7 heteroatoms. The number of carbonyl (C=O) groups is 3. The van der Waals surface area contributed by atoms with Crippen molar-refractivity contribution in [3.05, 3.63) is 29.3 Å². The first kappa shape index (κ1) is 14.8. The lowest BCUT2D eigenvalue weighted by molar-refractivity contribution is 0.0696. The molecule has 21 heavy (non-hydrogen) atoms. The Bertz CT molecular complexity index is 548. The van der Waals surface area contributed by atoms with E-state index in [4.69, 9.17) is 10.2 Å². The Morgan fingerprint density at radius 1 is 1.05 bits per heavy atom. The van der Waals surface area contributed by atoms with Crippen molar-refractivity contribution in [2.24, 2.45) is 5.92 Å². The van der Waals surface area contributed by atoms with Gasteiger partial charge in [-0.05, 0) is 37.0 Å². The van der Waals surface area contributed by atoms with Crippen LogP contribution < -0.4 is 10.6 Å². The largest absolute Gasteiger partial charge is 0.478 e. The van der Waals surface area contributed by atoms with E-state index in [9.17, 15) is 14.4 Å². The van der Waals surface area contributed by atoms with Gasteiger partial charge in [0.25, 0.3) is 0 Å². The Kier molecular flexibility index (Phi) is 4.42. The molecule has 7 nitrogen and oxygen atoms in total. The Morgan fingerprint density at radius 3 is 2.05 bits per heavy atom. The van der Waals surface area contributed by atoms with E-state index in [2.05, 4.69) is 10.6 Å². The zero-order valence-electron chi connectivity index (χ0n) is 11.3. The molecule has 4 N–H and O–H groups in total. The molecule has 1 fully saturated rings. The summed E-state index contributed by atoms with van der Waals surface area (Å²) < 4.78 is 0. The predicted molar refractivity (Wildman–Crippen MR) is 74.7 cm³/mol. The van der Waals surface area contributed by atoms with Crippen LogP contribution in [-0.4, -0.2) is 34.7 Å². The second-order valence-corrected chi connectivity index (χ2v) is 5.04. The lowest BCUT2D eigenvalue weighted by Gasteiger charge is -2.25. The van der Waals surface area contributed by atoms with Gasteiger partial charge in [-0.2, -0.15) is 0 Å². The van der Waals surface area contributed by atoms with Gasteiger partial charge in [0, 0.05) is 12.2 Å². The van der Waals surface area contributed by atoms with Crippen molar-refractivity contribution in [3.63, 3.8) is 0 Å². The number of amides is 2. The molecule has 1 aromatic rings. The Balaban J connectivity index is 2.05. The smallest absolute Gasteiger partial charge is 0.335 e. The minimum Gasteiger partial charge on any atom is -0.478 e. The van der Waals surface area contributed by atoms with Gasteiger partial charge in [0.2, 0.25) is 0 Å². The molecule has 1 aromatic carbocycles. The summed E-state index contributed by atoms with van der Waals surface area (Å²) in [6.45, 7) is 0.566. The highest BCUT2D eigenvalue weighted by Crippen LogP contribution is 2.25. The number of hydrogen-bond acceptors (Lipinski definition) is 3. The zero-order chi connectivity index (χ0) is 15.4. The minimum atomic E-state index is -1.25. The quantitative estimate of drug-likeness (QED) is 0.662. The van der Waals surface area contributed by atoms with Crippen LogP contribution in [0.3, 0.4) is 0 Å². The van der Waals surface area contributed by atoms with Crippen molar-refractivity contribution in [1.82, 2.24) is 5.32 Å². The fraction of sp³-hybridized carbons (Fsp3) is 0.357. The Morgan fingerprint density at radius 2 is 1.62 bits per heavy atom. The van der Waals surface area contributed by atoms with Gasteiger partial charge in [0.05, 0.1) is 11.1 Å². The maximum atomic E-state index is 11.7. The normalized spacial score (nSPS) is 14.1. The average Bonchev–Trinajstić information content (AvgIpc) is 2.36. The molecule has 0 heterocycles. The van der Waals surface area contributed by atoms with E-state index in [1.54, 1.807) is 0 Å². The topological polar surface area (TPSA) is 116 Å². The third kappa shape index (κ3) is 3.95. The maximum Gasteiger partial charge on any atom is 0.335 e. The molecule has 0 aromatic heterocycles. The molecule has 0 unspecified atom stereocenters. The average molecular weight is 292 g/mol. The second-order valence-electron chi connectivity index (χ2n) is 5.04. The lowest BCUT2D eigenvalue weighted by Crippen LogP contribution is -2.35. The van der Waals surface area contributed by atoms with E-state index in [1.165, 1.54) is 18.6 Å². The molecule has 2 amide bonds. The molecular weight excluding hydrogens is 276 g/mol. The molecule has 1 aliphatic rings. The molecule has 0 aliphatic heterocycles. The summed E-state index contributed by atoms with van der Waals surface area (Å²) in [6, 6.07) is 3.01. The number of anilines is 1. The Labute approximate surface area is 121 Å². The first-order valence-corrected chi connectivity index (χ1v) is 6.62. The Hall–Kier alpha value is -2.57. The van der Waals surface area contributed by atoms with Crippen LogP contribution in [0.4, 0.5) is 10.5 Å². The van der Waals surface area contributed by atoms with Gasteiger partial charge in [-0.25, -0.2) is 14.4 Å².